The maximum Gasteiger partial charge on any atom is 0.262 e. The van der Waals surface area contributed by atoms with Gasteiger partial charge in [-0.15, -0.1) is 0 Å². The molecule has 2 aromatic rings. The van der Waals surface area contributed by atoms with E-state index in [4.69, 9.17) is 0 Å². The second-order valence-electron chi connectivity index (χ2n) is 5.04. The number of likely N-dealkylation sites (tertiary alicyclic amines) is 1. The number of rotatable bonds is 3. The molecule has 1 heterocycles. The van der Waals surface area contributed by atoms with Crippen molar-refractivity contribution in [2.24, 2.45) is 0 Å². The summed E-state index contributed by atoms with van der Waals surface area (Å²) in [4.78, 5) is 14.1. The molecule has 1 fully saturated rings. The van der Waals surface area contributed by atoms with Gasteiger partial charge in [-0.1, -0.05) is 60.7 Å². The molecule has 1 saturated heterocycles. The standard InChI is InChI=1S/C17H17NO2/c1-2-18-15(13-9-5-3-6-10-13)17(20,16(18)19)14-11-7-4-8-12-14/h3-12,15,20H,2H2,1H3/t15-,17+/m0/s1. The molecule has 1 aliphatic rings. The van der Waals surface area contributed by atoms with Crippen molar-refractivity contribution in [1.29, 1.82) is 0 Å². The largest absolute Gasteiger partial charge is 0.373 e. The van der Waals surface area contributed by atoms with E-state index in [0.29, 0.717) is 12.1 Å². The van der Waals surface area contributed by atoms with Gasteiger partial charge in [0.05, 0.1) is 6.04 Å². The second-order valence-corrected chi connectivity index (χ2v) is 5.04. The van der Waals surface area contributed by atoms with Gasteiger partial charge in [0.15, 0.2) is 5.60 Å². The van der Waals surface area contributed by atoms with Crippen molar-refractivity contribution < 1.29 is 9.90 Å². The van der Waals surface area contributed by atoms with Crippen LogP contribution in [-0.2, 0) is 10.4 Å². The summed E-state index contributed by atoms with van der Waals surface area (Å²) < 4.78 is 0. The Bertz CT molecular complexity index is 611. The molecule has 102 valence electrons. The summed E-state index contributed by atoms with van der Waals surface area (Å²) in [6.45, 7) is 2.52. The maximum atomic E-state index is 12.4. The fraction of sp³-hybridized carbons (Fsp3) is 0.235. The van der Waals surface area contributed by atoms with E-state index in [2.05, 4.69) is 0 Å². The lowest BCUT2D eigenvalue weighted by Gasteiger charge is -2.53. The van der Waals surface area contributed by atoms with Crippen LogP contribution in [-0.4, -0.2) is 22.5 Å². The number of β-lactam (4-membered cyclic amide) rings is 1. The zero-order valence-corrected chi connectivity index (χ0v) is 11.4. The normalized spacial score (nSPS) is 25.4. The van der Waals surface area contributed by atoms with Crippen LogP contribution in [0, 0.1) is 0 Å². The summed E-state index contributed by atoms with van der Waals surface area (Å²) in [5.41, 5.74) is 0.169. The molecule has 0 saturated carbocycles. The van der Waals surface area contributed by atoms with Crippen molar-refractivity contribution in [3.63, 3.8) is 0 Å². The van der Waals surface area contributed by atoms with Gasteiger partial charge in [0.1, 0.15) is 0 Å². The first-order chi connectivity index (χ1) is 9.69. The quantitative estimate of drug-likeness (QED) is 0.868. The zero-order valence-electron chi connectivity index (χ0n) is 11.4. The Morgan fingerprint density at radius 2 is 1.60 bits per heavy atom. The molecule has 0 aliphatic carbocycles. The molecule has 0 spiro atoms. The SMILES string of the molecule is CCN1C(=O)[C@@](O)(c2ccccc2)[C@@H]1c1ccccc1. The van der Waals surface area contributed by atoms with Crippen LogP contribution in [0.5, 0.6) is 0 Å². The Morgan fingerprint density at radius 1 is 1.05 bits per heavy atom. The highest BCUT2D eigenvalue weighted by Gasteiger charge is 2.60. The Labute approximate surface area is 118 Å². The number of hydrogen-bond acceptors (Lipinski definition) is 2. The van der Waals surface area contributed by atoms with E-state index in [1.807, 2.05) is 55.5 Å². The molecule has 1 aliphatic heterocycles. The zero-order chi connectivity index (χ0) is 14.2. The first kappa shape index (κ1) is 12.9. The first-order valence-electron chi connectivity index (χ1n) is 6.83. The lowest BCUT2D eigenvalue weighted by molar-refractivity contribution is -0.195. The van der Waals surface area contributed by atoms with Gasteiger partial charge < -0.3 is 10.0 Å². The molecule has 1 amide bonds. The fourth-order valence-corrected chi connectivity index (χ4v) is 2.97. The van der Waals surface area contributed by atoms with Crippen LogP contribution in [0.15, 0.2) is 60.7 Å². The minimum Gasteiger partial charge on any atom is -0.373 e. The van der Waals surface area contributed by atoms with Gasteiger partial charge in [0.2, 0.25) is 0 Å². The molecule has 2 aromatic carbocycles. The van der Waals surface area contributed by atoms with Crippen molar-refractivity contribution in [3.8, 4) is 0 Å². The van der Waals surface area contributed by atoms with Crippen LogP contribution in [0.1, 0.15) is 24.1 Å². The number of nitrogens with zero attached hydrogens (tertiary/aromatic N) is 1. The van der Waals surface area contributed by atoms with Crippen molar-refractivity contribution >= 4 is 5.91 Å². The molecule has 0 aromatic heterocycles. The smallest absolute Gasteiger partial charge is 0.262 e. The van der Waals surface area contributed by atoms with E-state index in [-0.39, 0.29) is 11.9 Å². The van der Waals surface area contributed by atoms with E-state index in [0.717, 1.165) is 5.56 Å². The van der Waals surface area contributed by atoms with E-state index in [1.54, 1.807) is 17.0 Å². The van der Waals surface area contributed by atoms with Crippen molar-refractivity contribution in [3.05, 3.63) is 71.8 Å². The van der Waals surface area contributed by atoms with Crippen LogP contribution in [0.3, 0.4) is 0 Å². The van der Waals surface area contributed by atoms with Crippen molar-refractivity contribution in [2.75, 3.05) is 6.54 Å². The minimum absolute atomic E-state index is 0.222. The average molecular weight is 267 g/mol. The van der Waals surface area contributed by atoms with Gasteiger partial charge in [0, 0.05) is 6.54 Å². The second kappa shape index (κ2) is 4.76. The predicted molar refractivity (Wildman–Crippen MR) is 76.9 cm³/mol. The van der Waals surface area contributed by atoms with E-state index in [9.17, 15) is 9.90 Å². The number of carbonyl (C=O) groups is 1. The molecular formula is C17H17NO2. The molecule has 1 N–H and O–H groups in total. The highest BCUT2D eigenvalue weighted by molar-refractivity contribution is 5.94. The summed E-state index contributed by atoms with van der Waals surface area (Å²) in [5, 5.41) is 11.0. The highest BCUT2D eigenvalue weighted by Crippen LogP contribution is 2.49. The maximum absolute atomic E-state index is 12.4. The van der Waals surface area contributed by atoms with Gasteiger partial charge in [-0.3, -0.25) is 4.79 Å². The molecule has 0 unspecified atom stereocenters. The molecule has 3 rings (SSSR count). The summed E-state index contributed by atoms with van der Waals surface area (Å²) in [5.74, 6) is -0.222. The molecule has 20 heavy (non-hydrogen) atoms. The third-order valence-electron chi connectivity index (χ3n) is 3.96. The van der Waals surface area contributed by atoms with Gasteiger partial charge in [-0.25, -0.2) is 0 Å². The molecule has 0 bridgehead atoms. The first-order valence-corrected chi connectivity index (χ1v) is 6.83. The van der Waals surface area contributed by atoms with Gasteiger partial charge in [-0.05, 0) is 18.1 Å². The van der Waals surface area contributed by atoms with Crippen LogP contribution >= 0.6 is 0 Å². The lowest BCUT2D eigenvalue weighted by atomic mass is 9.73. The predicted octanol–water partition coefficient (Wildman–Crippen LogP) is 2.48. The summed E-state index contributed by atoms with van der Waals surface area (Å²) in [6, 6.07) is 18.6. The number of hydrogen-bond donors (Lipinski definition) is 1. The number of aliphatic hydroxyl groups is 1. The number of benzene rings is 2. The highest BCUT2D eigenvalue weighted by atomic mass is 16.3. The molecule has 3 nitrogen and oxygen atoms in total. The van der Waals surface area contributed by atoms with Gasteiger partial charge in [0.25, 0.3) is 5.91 Å². The third-order valence-corrected chi connectivity index (χ3v) is 3.96. The lowest BCUT2D eigenvalue weighted by Crippen LogP contribution is -2.66. The van der Waals surface area contributed by atoms with Gasteiger partial charge in [-0.2, -0.15) is 0 Å². The molecule has 2 atom stereocenters. The monoisotopic (exact) mass is 267 g/mol. The number of carbonyl (C=O) groups excluding carboxylic acids is 1. The van der Waals surface area contributed by atoms with Crippen LogP contribution < -0.4 is 0 Å². The summed E-state index contributed by atoms with van der Waals surface area (Å²) in [7, 11) is 0. The Hall–Kier alpha value is -2.13. The van der Waals surface area contributed by atoms with Crippen molar-refractivity contribution in [1.82, 2.24) is 4.90 Å². The summed E-state index contributed by atoms with van der Waals surface area (Å²) >= 11 is 0. The van der Waals surface area contributed by atoms with Crippen LogP contribution in [0.2, 0.25) is 0 Å². The number of amides is 1. The van der Waals surface area contributed by atoms with Gasteiger partial charge >= 0.3 is 0 Å². The van der Waals surface area contributed by atoms with Crippen LogP contribution in [0.25, 0.3) is 0 Å². The molecular weight excluding hydrogens is 250 g/mol. The van der Waals surface area contributed by atoms with Crippen LogP contribution in [0.4, 0.5) is 0 Å². The molecule has 0 radical (unpaired) electrons. The third kappa shape index (κ3) is 1.67. The topological polar surface area (TPSA) is 40.5 Å². The van der Waals surface area contributed by atoms with Crippen molar-refractivity contribution in [2.45, 2.75) is 18.6 Å². The summed E-state index contributed by atoms with van der Waals surface area (Å²) in [6.07, 6.45) is 0. The number of likely N-dealkylation sites (N-methyl/N-ethyl adjacent to an activating group) is 1. The molecule has 3 heteroatoms. The Morgan fingerprint density at radius 3 is 2.15 bits per heavy atom. The Kier molecular flexibility index (Phi) is 3.07. The Balaban J connectivity index is 2.08. The average Bonchev–Trinajstić information content (AvgIpc) is 2.52. The van der Waals surface area contributed by atoms with E-state index < -0.39 is 5.60 Å². The fourth-order valence-electron chi connectivity index (χ4n) is 2.97. The van der Waals surface area contributed by atoms with E-state index >= 15 is 0 Å². The van der Waals surface area contributed by atoms with E-state index in [1.165, 1.54) is 0 Å². The minimum atomic E-state index is -1.45.